The second kappa shape index (κ2) is 10.9. The summed E-state index contributed by atoms with van der Waals surface area (Å²) in [4.78, 5) is 28.6. The quantitative estimate of drug-likeness (QED) is 0.572. The Labute approximate surface area is 205 Å². The van der Waals surface area contributed by atoms with E-state index in [0.29, 0.717) is 23.8 Å². The van der Waals surface area contributed by atoms with Crippen molar-refractivity contribution in [1.29, 1.82) is 0 Å². The number of fused-ring (bicyclic) bond motifs is 3. The first kappa shape index (κ1) is 24.7. The van der Waals surface area contributed by atoms with Gasteiger partial charge in [-0.3, -0.25) is 14.6 Å². The van der Waals surface area contributed by atoms with Gasteiger partial charge in [0.2, 0.25) is 5.91 Å². The molecule has 8 heteroatoms. The van der Waals surface area contributed by atoms with E-state index < -0.39 is 0 Å². The Balaban J connectivity index is 1.72. The molecular formula is C27H32N2O6. The van der Waals surface area contributed by atoms with E-state index in [2.05, 4.69) is 11.4 Å². The predicted octanol–water partition coefficient (Wildman–Crippen LogP) is 4.10. The van der Waals surface area contributed by atoms with Gasteiger partial charge in [-0.05, 0) is 56.0 Å². The van der Waals surface area contributed by atoms with Crippen LogP contribution in [0.4, 0.5) is 5.69 Å². The van der Waals surface area contributed by atoms with Crippen LogP contribution >= 0.6 is 0 Å². The van der Waals surface area contributed by atoms with Gasteiger partial charge in [0.1, 0.15) is 12.7 Å². The number of hydrogen-bond acceptors (Lipinski definition) is 7. The minimum atomic E-state index is -0.254. The van der Waals surface area contributed by atoms with Crippen molar-refractivity contribution in [3.8, 4) is 11.5 Å². The number of ether oxygens (including phenoxy) is 4. The SMILES string of the molecule is CCOc1cc2c(cc1OC)C(c1ccc(NC(=O)COC)cc1)=NC1CCC(OC(C)=O)CC21. The zero-order valence-electron chi connectivity index (χ0n) is 20.6. The summed E-state index contributed by atoms with van der Waals surface area (Å²) in [5.74, 6) is 0.994. The molecule has 2 aliphatic rings. The summed E-state index contributed by atoms with van der Waals surface area (Å²) in [6, 6.07) is 11.8. The Kier molecular flexibility index (Phi) is 7.70. The molecule has 1 amide bonds. The van der Waals surface area contributed by atoms with E-state index in [4.69, 9.17) is 23.9 Å². The number of nitrogens with zero attached hydrogens (tertiary/aromatic N) is 1. The Hall–Kier alpha value is -3.39. The number of methoxy groups -OCH3 is 2. The lowest BCUT2D eigenvalue weighted by Crippen LogP contribution is -2.36. The van der Waals surface area contributed by atoms with E-state index >= 15 is 0 Å². The summed E-state index contributed by atoms with van der Waals surface area (Å²) >= 11 is 0. The van der Waals surface area contributed by atoms with Gasteiger partial charge in [-0.1, -0.05) is 12.1 Å². The smallest absolute Gasteiger partial charge is 0.302 e. The van der Waals surface area contributed by atoms with Crippen LogP contribution in [0.5, 0.6) is 11.5 Å². The van der Waals surface area contributed by atoms with Crippen LogP contribution in [-0.2, 0) is 19.1 Å². The van der Waals surface area contributed by atoms with Gasteiger partial charge in [0, 0.05) is 36.8 Å². The zero-order valence-corrected chi connectivity index (χ0v) is 20.6. The lowest BCUT2D eigenvalue weighted by molar-refractivity contribution is -0.148. The van der Waals surface area contributed by atoms with Crippen molar-refractivity contribution >= 4 is 23.3 Å². The lowest BCUT2D eigenvalue weighted by Gasteiger charge is -2.38. The van der Waals surface area contributed by atoms with E-state index in [9.17, 15) is 9.59 Å². The Morgan fingerprint density at radius 2 is 1.86 bits per heavy atom. The molecule has 35 heavy (non-hydrogen) atoms. The van der Waals surface area contributed by atoms with E-state index in [1.807, 2.05) is 37.3 Å². The normalized spacial score (nSPS) is 20.7. The first-order valence-corrected chi connectivity index (χ1v) is 11.9. The average Bonchev–Trinajstić information content (AvgIpc) is 2.84. The number of benzene rings is 2. The molecule has 2 aromatic carbocycles. The van der Waals surface area contributed by atoms with Gasteiger partial charge in [0.05, 0.1) is 25.5 Å². The molecule has 3 unspecified atom stereocenters. The van der Waals surface area contributed by atoms with E-state index in [1.54, 1.807) is 7.11 Å². The van der Waals surface area contributed by atoms with E-state index in [-0.39, 0.29) is 36.5 Å². The van der Waals surface area contributed by atoms with Crippen LogP contribution in [0.1, 0.15) is 55.7 Å². The number of nitrogens with one attached hydrogen (secondary N) is 1. The highest BCUT2D eigenvalue weighted by atomic mass is 16.5. The molecule has 1 aliphatic carbocycles. The van der Waals surface area contributed by atoms with Crippen LogP contribution in [-0.4, -0.2) is 57.2 Å². The Morgan fingerprint density at radius 1 is 1.09 bits per heavy atom. The van der Waals surface area contributed by atoms with Gasteiger partial charge >= 0.3 is 5.97 Å². The molecular weight excluding hydrogens is 448 g/mol. The van der Waals surface area contributed by atoms with Gasteiger partial charge in [-0.25, -0.2) is 0 Å². The molecule has 0 aromatic heterocycles. The van der Waals surface area contributed by atoms with Crippen molar-refractivity contribution in [2.75, 3.05) is 32.8 Å². The van der Waals surface area contributed by atoms with Crippen molar-refractivity contribution < 1.29 is 28.5 Å². The van der Waals surface area contributed by atoms with Crippen LogP contribution < -0.4 is 14.8 Å². The third-order valence-corrected chi connectivity index (χ3v) is 6.40. The molecule has 186 valence electrons. The van der Waals surface area contributed by atoms with Crippen molar-refractivity contribution in [2.24, 2.45) is 4.99 Å². The second-order valence-electron chi connectivity index (χ2n) is 8.78. The number of aliphatic imine (C=N–C) groups is 1. The third-order valence-electron chi connectivity index (χ3n) is 6.40. The maximum Gasteiger partial charge on any atom is 0.302 e. The summed E-state index contributed by atoms with van der Waals surface area (Å²) in [6.07, 6.45) is 2.21. The fourth-order valence-electron chi connectivity index (χ4n) is 4.97. The molecule has 1 aliphatic heterocycles. The summed E-state index contributed by atoms with van der Waals surface area (Å²) in [6.45, 7) is 3.92. The van der Waals surface area contributed by atoms with Gasteiger partial charge in [-0.15, -0.1) is 0 Å². The maximum absolute atomic E-state index is 11.9. The predicted molar refractivity (Wildman–Crippen MR) is 133 cm³/mol. The molecule has 8 nitrogen and oxygen atoms in total. The molecule has 3 atom stereocenters. The van der Waals surface area contributed by atoms with Crippen LogP contribution in [0.25, 0.3) is 0 Å². The molecule has 0 spiro atoms. The maximum atomic E-state index is 11.9. The van der Waals surface area contributed by atoms with Crippen LogP contribution in [0, 0.1) is 0 Å². The fourth-order valence-corrected chi connectivity index (χ4v) is 4.97. The van der Waals surface area contributed by atoms with Gasteiger partial charge < -0.3 is 24.3 Å². The number of rotatable bonds is 8. The van der Waals surface area contributed by atoms with Crippen LogP contribution in [0.15, 0.2) is 41.4 Å². The Morgan fingerprint density at radius 3 is 2.51 bits per heavy atom. The topological polar surface area (TPSA) is 95.5 Å². The molecule has 1 heterocycles. The second-order valence-corrected chi connectivity index (χ2v) is 8.78. The molecule has 0 radical (unpaired) electrons. The number of carbonyl (C=O) groups excluding carboxylic acids is 2. The van der Waals surface area contributed by atoms with E-state index in [0.717, 1.165) is 41.7 Å². The fraction of sp³-hybridized carbons (Fsp3) is 0.444. The van der Waals surface area contributed by atoms with Gasteiger partial charge in [0.25, 0.3) is 0 Å². The zero-order chi connectivity index (χ0) is 24.9. The van der Waals surface area contributed by atoms with Crippen molar-refractivity contribution in [3.05, 3.63) is 53.1 Å². The summed E-state index contributed by atoms with van der Waals surface area (Å²) in [7, 11) is 3.11. The molecule has 1 saturated carbocycles. The monoisotopic (exact) mass is 480 g/mol. The van der Waals surface area contributed by atoms with Crippen molar-refractivity contribution in [2.45, 2.75) is 51.2 Å². The lowest BCUT2D eigenvalue weighted by atomic mass is 9.74. The van der Waals surface area contributed by atoms with Gasteiger partial charge in [-0.2, -0.15) is 0 Å². The molecule has 0 bridgehead atoms. The van der Waals surface area contributed by atoms with E-state index in [1.165, 1.54) is 14.0 Å². The number of anilines is 1. The van der Waals surface area contributed by atoms with Crippen molar-refractivity contribution in [1.82, 2.24) is 0 Å². The molecule has 1 N–H and O–H groups in total. The first-order valence-electron chi connectivity index (χ1n) is 11.9. The number of amides is 1. The van der Waals surface area contributed by atoms with Gasteiger partial charge in [0.15, 0.2) is 11.5 Å². The average molecular weight is 481 g/mol. The first-order chi connectivity index (χ1) is 16.9. The van der Waals surface area contributed by atoms with Crippen LogP contribution in [0.2, 0.25) is 0 Å². The highest BCUT2D eigenvalue weighted by molar-refractivity contribution is 6.15. The standard InChI is InChI=1S/C27H32N2O6/c1-5-34-25-13-20-21-12-19(35-16(2)30)10-11-23(21)29-27(22(20)14-24(25)33-4)17-6-8-18(9-7-17)28-26(31)15-32-3/h6-9,13-14,19,21,23H,5,10-12,15H2,1-4H3,(H,28,31). The molecule has 0 saturated heterocycles. The summed E-state index contributed by atoms with van der Waals surface area (Å²) in [5, 5.41) is 2.82. The highest BCUT2D eigenvalue weighted by Crippen LogP contribution is 2.45. The number of esters is 1. The summed E-state index contributed by atoms with van der Waals surface area (Å²) < 4.78 is 22.0. The highest BCUT2D eigenvalue weighted by Gasteiger charge is 2.38. The minimum absolute atomic E-state index is 0.00119. The number of carbonyl (C=O) groups is 2. The summed E-state index contributed by atoms with van der Waals surface area (Å²) in [5.41, 5.74) is 4.62. The third kappa shape index (κ3) is 5.48. The van der Waals surface area contributed by atoms with Crippen LogP contribution in [0.3, 0.4) is 0 Å². The molecule has 4 rings (SSSR count). The minimum Gasteiger partial charge on any atom is -0.493 e. The Bertz CT molecular complexity index is 1110. The number of hydrogen-bond donors (Lipinski definition) is 1. The largest absolute Gasteiger partial charge is 0.493 e. The molecule has 1 fully saturated rings. The molecule has 2 aromatic rings. The van der Waals surface area contributed by atoms with Crippen molar-refractivity contribution in [3.63, 3.8) is 0 Å².